The molecule has 0 aromatic rings. The van der Waals surface area contributed by atoms with Gasteiger partial charge in [0.25, 0.3) is 0 Å². The normalized spacial score (nSPS) is 38.6. The van der Waals surface area contributed by atoms with Gasteiger partial charge in [0.1, 0.15) is 0 Å². The molecule has 0 radical (unpaired) electrons. The average Bonchev–Trinajstić information content (AvgIpc) is 1.97. The Kier molecular flexibility index (Phi) is 4.67. The van der Waals surface area contributed by atoms with Crippen LogP contribution in [0.5, 0.6) is 0 Å². The van der Waals surface area contributed by atoms with E-state index < -0.39 is 5.60 Å². The van der Waals surface area contributed by atoms with Gasteiger partial charge >= 0.3 is 0 Å². The van der Waals surface area contributed by atoms with E-state index in [1.165, 1.54) is 0 Å². The van der Waals surface area contributed by atoms with E-state index in [1.54, 1.807) is 0 Å². The van der Waals surface area contributed by atoms with E-state index >= 15 is 0 Å². The number of hydrogen-bond acceptors (Lipinski definition) is 2. The Morgan fingerprint density at radius 2 is 1.73 bits per heavy atom. The minimum Gasteiger partial charge on any atom is -0.390 e. The van der Waals surface area contributed by atoms with Crippen molar-refractivity contribution in [2.75, 3.05) is 6.54 Å². The highest BCUT2D eigenvalue weighted by atomic mass is 35.5. The van der Waals surface area contributed by atoms with E-state index in [4.69, 9.17) is 0 Å². The first-order valence-corrected chi connectivity index (χ1v) is 5.65. The minimum atomic E-state index is -0.485. The summed E-state index contributed by atoms with van der Waals surface area (Å²) in [5.41, 5.74) is -0.272. The smallest absolute Gasteiger partial charge is 0.0672 e. The first-order chi connectivity index (χ1) is 6.16. The zero-order chi connectivity index (χ0) is 11.1. The van der Waals surface area contributed by atoms with Crippen LogP contribution in [0.25, 0.3) is 0 Å². The van der Waals surface area contributed by atoms with Gasteiger partial charge in [-0.2, -0.15) is 0 Å². The number of aliphatic hydroxyl groups is 1. The highest BCUT2D eigenvalue weighted by Crippen LogP contribution is 2.35. The van der Waals surface area contributed by atoms with Gasteiger partial charge in [0.15, 0.2) is 0 Å². The average molecular weight is 236 g/mol. The van der Waals surface area contributed by atoms with E-state index in [9.17, 15) is 5.11 Å². The third-order valence-electron chi connectivity index (χ3n) is 3.92. The van der Waals surface area contributed by atoms with Crippen molar-refractivity contribution in [2.24, 2.45) is 5.92 Å². The SMILES string of the molecule is CC1C(C)C(C)(O)CCN1C(C)(C)C.Cl. The van der Waals surface area contributed by atoms with E-state index in [1.807, 2.05) is 6.92 Å². The summed E-state index contributed by atoms with van der Waals surface area (Å²) in [5.74, 6) is 0.343. The molecule has 1 saturated heterocycles. The van der Waals surface area contributed by atoms with Crippen LogP contribution in [0.1, 0.15) is 48.0 Å². The molecule has 1 N–H and O–H groups in total. The quantitative estimate of drug-likeness (QED) is 0.698. The zero-order valence-electron chi connectivity index (χ0n) is 10.9. The van der Waals surface area contributed by atoms with Gasteiger partial charge in [0, 0.05) is 18.1 Å². The van der Waals surface area contributed by atoms with E-state index in [0.717, 1.165) is 13.0 Å². The maximum atomic E-state index is 10.2. The third kappa shape index (κ3) is 3.08. The van der Waals surface area contributed by atoms with Gasteiger partial charge in [-0.25, -0.2) is 0 Å². The van der Waals surface area contributed by atoms with Gasteiger partial charge < -0.3 is 5.11 Å². The fourth-order valence-electron chi connectivity index (χ4n) is 2.51. The Bertz CT molecular complexity index is 210. The summed E-state index contributed by atoms with van der Waals surface area (Å²) in [7, 11) is 0. The van der Waals surface area contributed by atoms with Crippen molar-refractivity contribution in [3.05, 3.63) is 0 Å². The predicted octanol–water partition coefficient (Wildman–Crippen LogP) is 2.69. The lowest BCUT2D eigenvalue weighted by atomic mass is 9.77. The molecular formula is C12H26ClNO. The van der Waals surface area contributed by atoms with Crippen molar-refractivity contribution in [3.63, 3.8) is 0 Å². The molecule has 3 heteroatoms. The van der Waals surface area contributed by atoms with Crippen molar-refractivity contribution in [3.8, 4) is 0 Å². The number of piperidine rings is 1. The van der Waals surface area contributed by atoms with Crippen molar-refractivity contribution in [2.45, 2.75) is 65.1 Å². The van der Waals surface area contributed by atoms with Crippen LogP contribution in [0.2, 0.25) is 0 Å². The fourth-order valence-corrected chi connectivity index (χ4v) is 2.51. The summed E-state index contributed by atoms with van der Waals surface area (Å²) in [6, 6.07) is 0.457. The summed E-state index contributed by atoms with van der Waals surface area (Å²) in [4.78, 5) is 2.50. The molecule has 0 bridgehead atoms. The minimum absolute atomic E-state index is 0. The summed E-state index contributed by atoms with van der Waals surface area (Å²) in [6.45, 7) is 14.1. The fraction of sp³-hybridized carbons (Fsp3) is 1.00. The summed E-state index contributed by atoms with van der Waals surface area (Å²) in [6.07, 6.45) is 0.885. The molecule has 1 aliphatic rings. The standard InChI is InChI=1S/C12H25NO.ClH/c1-9-10(2)13(11(3,4)5)8-7-12(9,6)14;/h9-10,14H,7-8H2,1-6H3;1H. The zero-order valence-corrected chi connectivity index (χ0v) is 11.7. The van der Waals surface area contributed by atoms with Crippen molar-refractivity contribution in [1.82, 2.24) is 4.90 Å². The highest BCUT2D eigenvalue weighted by molar-refractivity contribution is 5.85. The molecular weight excluding hydrogens is 210 g/mol. The van der Waals surface area contributed by atoms with E-state index in [-0.39, 0.29) is 17.9 Å². The molecule has 0 saturated carbocycles. The Labute approximate surface area is 100 Å². The van der Waals surface area contributed by atoms with Crippen molar-refractivity contribution >= 4 is 12.4 Å². The van der Waals surface area contributed by atoms with Gasteiger partial charge in [0.05, 0.1) is 5.60 Å². The number of nitrogens with zero attached hydrogens (tertiary/aromatic N) is 1. The molecule has 3 unspecified atom stereocenters. The van der Waals surface area contributed by atoms with Crippen LogP contribution in [-0.4, -0.2) is 33.7 Å². The van der Waals surface area contributed by atoms with Gasteiger partial charge in [-0.15, -0.1) is 12.4 Å². The second-order valence-electron chi connectivity index (χ2n) is 6.00. The molecule has 15 heavy (non-hydrogen) atoms. The number of halogens is 1. The topological polar surface area (TPSA) is 23.5 Å². The summed E-state index contributed by atoms with van der Waals surface area (Å²) < 4.78 is 0. The van der Waals surface area contributed by atoms with Crippen LogP contribution >= 0.6 is 12.4 Å². The van der Waals surface area contributed by atoms with Crippen LogP contribution in [0.3, 0.4) is 0 Å². The molecule has 0 aliphatic carbocycles. The summed E-state index contributed by atoms with van der Waals surface area (Å²) >= 11 is 0. The lowest BCUT2D eigenvalue weighted by molar-refractivity contribution is -0.0994. The van der Waals surface area contributed by atoms with Crippen LogP contribution in [0.4, 0.5) is 0 Å². The lowest BCUT2D eigenvalue weighted by Gasteiger charge is -2.51. The summed E-state index contributed by atoms with van der Waals surface area (Å²) in [5, 5.41) is 10.2. The number of rotatable bonds is 0. The van der Waals surface area contributed by atoms with Gasteiger partial charge in [0.2, 0.25) is 0 Å². The Morgan fingerprint density at radius 3 is 2.13 bits per heavy atom. The molecule has 92 valence electrons. The maximum Gasteiger partial charge on any atom is 0.0672 e. The monoisotopic (exact) mass is 235 g/mol. The van der Waals surface area contributed by atoms with Crippen LogP contribution in [-0.2, 0) is 0 Å². The lowest BCUT2D eigenvalue weighted by Crippen LogP contribution is -2.59. The molecule has 0 amide bonds. The molecule has 1 aliphatic heterocycles. The van der Waals surface area contributed by atoms with E-state index in [2.05, 4.69) is 39.5 Å². The first kappa shape index (κ1) is 15.2. The Hall–Kier alpha value is 0.210. The van der Waals surface area contributed by atoms with Crippen LogP contribution in [0, 0.1) is 5.92 Å². The molecule has 3 atom stereocenters. The second-order valence-corrected chi connectivity index (χ2v) is 6.00. The first-order valence-electron chi connectivity index (χ1n) is 5.65. The second kappa shape index (κ2) is 4.60. The molecule has 1 fully saturated rings. The van der Waals surface area contributed by atoms with Crippen molar-refractivity contribution < 1.29 is 5.11 Å². The third-order valence-corrected chi connectivity index (χ3v) is 3.92. The van der Waals surface area contributed by atoms with Gasteiger partial charge in [-0.3, -0.25) is 4.90 Å². The molecule has 1 heterocycles. The molecule has 0 spiro atoms. The number of likely N-dealkylation sites (tertiary alicyclic amines) is 1. The Morgan fingerprint density at radius 1 is 1.27 bits per heavy atom. The van der Waals surface area contributed by atoms with Crippen LogP contribution in [0.15, 0.2) is 0 Å². The molecule has 2 nitrogen and oxygen atoms in total. The Balaban J connectivity index is 0.00000196. The van der Waals surface area contributed by atoms with E-state index in [0.29, 0.717) is 12.0 Å². The van der Waals surface area contributed by atoms with Crippen LogP contribution < -0.4 is 0 Å². The molecule has 0 aromatic carbocycles. The largest absolute Gasteiger partial charge is 0.390 e. The molecule has 0 aromatic heterocycles. The van der Waals surface area contributed by atoms with Crippen molar-refractivity contribution in [1.29, 1.82) is 0 Å². The predicted molar refractivity (Wildman–Crippen MR) is 67.6 cm³/mol. The van der Waals surface area contributed by atoms with Gasteiger partial charge in [-0.05, 0) is 47.0 Å². The highest BCUT2D eigenvalue weighted by Gasteiger charge is 2.42. The number of hydrogen-bond donors (Lipinski definition) is 1. The maximum absolute atomic E-state index is 10.2. The molecule has 1 rings (SSSR count). The van der Waals surface area contributed by atoms with Gasteiger partial charge in [-0.1, -0.05) is 6.92 Å².